The lowest BCUT2D eigenvalue weighted by molar-refractivity contribution is 0.0407. The number of carbonyl (C=O) groups excluding carboxylic acids is 1. The summed E-state index contributed by atoms with van der Waals surface area (Å²) in [6.45, 7) is 9.08. The Labute approximate surface area is 120 Å². The van der Waals surface area contributed by atoms with E-state index in [1.54, 1.807) is 4.90 Å². The average molecular weight is 277 g/mol. The third kappa shape index (κ3) is 4.15. The van der Waals surface area contributed by atoms with Crippen LogP contribution in [-0.2, 0) is 11.2 Å². The largest absolute Gasteiger partial charge is 0.494 e. The Morgan fingerprint density at radius 1 is 1.30 bits per heavy atom. The normalized spacial score (nSPS) is 17.8. The summed E-state index contributed by atoms with van der Waals surface area (Å²) in [5.41, 5.74) is 0.785. The molecule has 2 rings (SSSR count). The summed E-state index contributed by atoms with van der Waals surface area (Å²) in [7, 11) is 0. The highest BCUT2D eigenvalue weighted by Gasteiger charge is 2.40. The van der Waals surface area contributed by atoms with Crippen LogP contribution in [0, 0.1) is 0 Å². The molecule has 0 N–H and O–H groups in total. The van der Waals surface area contributed by atoms with E-state index < -0.39 is 5.60 Å². The first kappa shape index (κ1) is 14.7. The van der Waals surface area contributed by atoms with Crippen molar-refractivity contribution in [2.75, 3.05) is 13.2 Å². The Morgan fingerprint density at radius 3 is 2.50 bits per heavy atom. The van der Waals surface area contributed by atoms with Gasteiger partial charge in [-0.15, -0.1) is 0 Å². The first-order chi connectivity index (χ1) is 9.39. The summed E-state index contributed by atoms with van der Waals surface area (Å²) in [4.78, 5) is 13.6. The molecule has 4 nitrogen and oxygen atoms in total. The van der Waals surface area contributed by atoms with E-state index in [2.05, 4.69) is 12.1 Å². The number of benzene rings is 1. The van der Waals surface area contributed by atoms with Crippen molar-refractivity contribution in [3.05, 3.63) is 29.8 Å². The van der Waals surface area contributed by atoms with Crippen molar-refractivity contribution >= 4 is 6.09 Å². The molecule has 1 amide bonds. The molecule has 4 heteroatoms. The molecular formula is C16H23NO3. The van der Waals surface area contributed by atoms with Crippen LogP contribution in [0.3, 0.4) is 0 Å². The Morgan fingerprint density at radius 2 is 1.95 bits per heavy atom. The van der Waals surface area contributed by atoms with Gasteiger partial charge in [-0.05, 0) is 51.8 Å². The summed E-state index contributed by atoms with van der Waals surface area (Å²) in [6, 6.07) is 8.31. The fourth-order valence-corrected chi connectivity index (χ4v) is 2.06. The third-order valence-electron chi connectivity index (χ3n) is 3.05. The van der Waals surface area contributed by atoms with Crippen LogP contribution in [-0.4, -0.2) is 35.8 Å². The third-order valence-corrected chi connectivity index (χ3v) is 3.05. The predicted octanol–water partition coefficient (Wildman–Crippen LogP) is 3.25. The van der Waals surface area contributed by atoms with Gasteiger partial charge in [0, 0.05) is 6.54 Å². The molecule has 0 aliphatic carbocycles. The number of amides is 1. The minimum atomic E-state index is -0.427. The van der Waals surface area contributed by atoms with Gasteiger partial charge in [0.2, 0.25) is 0 Å². The second-order valence-electron chi connectivity index (χ2n) is 6.07. The molecule has 110 valence electrons. The van der Waals surface area contributed by atoms with Crippen LogP contribution in [0.4, 0.5) is 4.79 Å². The molecule has 1 heterocycles. The van der Waals surface area contributed by atoms with Crippen LogP contribution < -0.4 is 4.74 Å². The van der Waals surface area contributed by atoms with Crippen LogP contribution >= 0.6 is 0 Å². The van der Waals surface area contributed by atoms with E-state index in [4.69, 9.17) is 9.47 Å². The van der Waals surface area contributed by atoms with E-state index in [-0.39, 0.29) is 12.1 Å². The van der Waals surface area contributed by atoms with E-state index in [1.807, 2.05) is 39.8 Å². The molecule has 0 radical (unpaired) electrons. The Balaban J connectivity index is 1.83. The fraction of sp³-hybridized carbons (Fsp3) is 0.562. The smallest absolute Gasteiger partial charge is 0.410 e. The van der Waals surface area contributed by atoms with Gasteiger partial charge >= 0.3 is 6.09 Å². The predicted molar refractivity (Wildman–Crippen MR) is 78.0 cm³/mol. The minimum Gasteiger partial charge on any atom is -0.494 e. The molecule has 1 aromatic carbocycles. The topological polar surface area (TPSA) is 38.5 Å². The van der Waals surface area contributed by atoms with Crippen LogP contribution in [0.15, 0.2) is 24.3 Å². The molecule has 0 spiro atoms. The Kier molecular flexibility index (Phi) is 4.21. The van der Waals surface area contributed by atoms with E-state index in [9.17, 15) is 4.79 Å². The van der Waals surface area contributed by atoms with Crippen molar-refractivity contribution in [3.63, 3.8) is 0 Å². The zero-order chi connectivity index (χ0) is 14.8. The summed E-state index contributed by atoms with van der Waals surface area (Å²) in [6.07, 6.45) is 0.652. The Hall–Kier alpha value is -1.71. The molecule has 1 aliphatic heterocycles. The van der Waals surface area contributed by atoms with E-state index in [0.717, 1.165) is 18.7 Å². The summed E-state index contributed by atoms with van der Waals surface area (Å²) in [5.74, 6) is 0.885. The van der Waals surface area contributed by atoms with E-state index in [1.165, 1.54) is 5.56 Å². The van der Waals surface area contributed by atoms with Crippen molar-refractivity contribution in [2.24, 2.45) is 0 Å². The van der Waals surface area contributed by atoms with Gasteiger partial charge in [-0.1, -0.05) is 12.1 Å². The molecular weight excluding hydrogens is 254 g/mol. The van der Waals surface area contributed by atoms with E-state index in [0.29, 0.717) is 6.61 Å². The highest BCUT2D eigenvalue weighted by molar-refractivity contribution is 5.71. The zero-order valence-corrected chi connectivity index (χ0v) is 12.7. The molecule has 1 aromatic rings. The number of carbonyl (C=O) groups is 1. The lowest BCUT2D eigenvalue weighted by Gasteiger charge is -2.19. The molecule has 1 unspecified atom stereocenters. The number of ether oxygens (including phenoxy) is 2. The summed E-state index contributed by atoms with van der Waals surface area (Å²) in [5, 5.41) is 0. The second kappa shape index (κ2) is 5.73. The monoisotopic (exact) mass is 277 g/mol. The zero-order valence-electron chi connectivity index (χ0n) is 12.7. The van der Waals surface area contributed by atoms with Crippen LogP contribution in [0.5, 0.6) is 5.75 Å². The number of rotatable bonds is 4. The van der Waals surface area contributed by atoms with Crippen molar-refractivity contribution in [3.8, 4) is 5.75 Å². The maximum atomic E-state index is 11.8. The fourth-order valence-electron chi connectivity index (χ4n) is 2.06. The lowest BCUT2D eigenvalue weighted by atomic mass is 10.1. The highest BCUT2D eigenvalue weighted by atomic mass is 16.6. The van der Waals surface area contributed by atoms with Gasteiger partial charge in [-0.2, -0.15) is 0 Å². The lowest BCUT2D eigenvalue weighted by Crippen LogP contribution is -2.28. The SMILES string of the molecule is CCOc1ccc(CC2CN2C(=O)OC(C)(C)C)cc1. The van der Waals surface area contributed by atoms with Crippen molar-refractivity contribution in [1.82, 2.24) is 4.90 Å². The van der Waals surface area contributed by atoms with Gasteiger partial charge in [-0.3, -0.25) is 0 Å². The molecule has 1 saturated heterocycles. The first-order valence-electron chi connectivity index (χ1n) is 7.10. The Bertz CT molecular complexity index is 462. The standard InChI is InChI=1S/C16H23NO3/c1-5-19-14-8-6-12(7-9-14)10-13-11-17(13)15(18)20-16(2,3)4/h6-9,13H,5,10-11H2,1-4H3. The van der Waals surface area contributed by atoms with Gasteiger partial charge in [-0.25, -0.2) is 4.79 Å². The van der Waals surface area contributed by atoms with Gasteiger partial charge in [0.15, 0.2) is 0 Å². The first-order valence-corrected chi connectivity index (χ1v) is 7.10. The molecule has 1 atom stereocenters. The van der Waals surface area contributed by atoms with Gasteiger partial charge in [0.25, 0.3) is 0 Å². The van der Waals surface area contributed by atoms with Gasteiger partial charge in [0.05, 0.1) is 12.6 Å². The molecule has 20 heavy (non-hydrogen) atoms. The van der Waals surface area contributed by atoms with Gasteiger partial charge < -0.3 is 14.4 Å². The molecule has 0 bridgehead atoms. The van der Waals surface area contributed by atoms with Gasteiger partial charge in [0.1, 0.15) is 11.4 Å². The maximum Gasteiger partial charge on any atom is 0.410 e. The minimum absolute atomic E-state index is 0.214. The average Bonchev–Trinajstić information content (AvgIpc) is 3.09. The number of nitrogens with zero attached hydrogens (tertiary/aromatic N) is 1. The maximum absolute atomic E-state index is 11.8. The molecule has 1 fully saturated rings. The highest BCUT2D eigenvalue weighted by Crippen LogP contribution is 2.25. The summed E-state index contributed by atoms with van der Waals surface area (Å²) >= 11 is 0. The van der Waals surface area contributed by atoms with Crippen LogP contribution in [0.1, 0.15) is 33.3 Å². The van der Waals surface area contributed by atoms with Crippen molar-refractivity contribution < 1.29 is 14.3 Å². The van der Waals surface area contributed by atoms with Crippen molar-refractivity contribution in [2.45, 2.75) is 45.8 Å². The molecule has 0 saturated carbocycles. The van der Waals surface area contributed by atoms with Crippen molar-refractivity contribution in [1.29, 1.82) is 0 Å². The quantitative estimate of drug-likeness (QED) is 0.793. The molecule has 0 aromatic heterocycles. The summed E-state index contributed by atoms with van der Waals surface area (Å²) < 4.78 is 10.8. The number of hydrogen-bond donors (Lipinski definition) is 0. The van der Waals surface area contributed by atoms with Crippen LogP contribution in [0.2, 0.25) is 0 Å². The van der Waals surface area contributed by atoms with Crippen LogP contribution in [0.25, 0.3) is 0 Å². The van der Waals surface area contributed by atoms with E-state index >= 15 is 0 Å². The second-order valence-corrected chi connectivity index (χ2v) is 6.07. The number of hydrogen-bond acceptors (Lipinski definition) is 3. The molecule has 1 aliphatic rings.